The number of alkyl carbamates (subject to hydrolysis) is 1. The highest BCUT2D eigenvalue weighted by molar-refractivity contribution is 5.68. The topological polar surface area (TPSA) is 62.4 Å². The molecule has 0 aromatic rings. The molecule has 3 N–H and O–H groups in total. The number of ether oxygens (including phenoxy) is 1. The van der Waals surface area contributed by atoms with E-state index in [4.69, 9.17) is 4.74 Å². The number of carbonyl (C=O) groups excluding carboxylic acids is 1. The lowest BCUT2D eigenvalue weighted by atomic mass is 9.96. The van der Waals surface area contributed by atoms with Gasteiger partial charge in [0.15, 0.2) is 0 Å². The SMILES string of the molecule is C1CNCCN1.CC(C)(C)OC(=O)NC1CCCCC1. The fourth-order valence-electron chi connectivity index (χ4n) is 2.32. The van der Waals surface area contributed by atoms with Crippen molar-refractivity contribution in [3.63, 3.8) is 0 Å². The number of nitrogens with one attached hydrogen (secondary N) is 3. The maximum atomic E-state index is 11.4. The minimum absolute atomic E-state index is 0.274. The minimum Gasteiger partial charge on any atom is -0.444 e. The van der Waals surface area contributed by atoms with Crippen LogP contribution in [0.3, 0.4) is 0 Å². The van der Waals surface area contributed by atoms with Crippen LogP contribution >= 0.6 is 0 Å². The quantitative estimate of drug-likeness (QED) is 0.690. The molecule has 2 rings (SSSR count). The van der Waals surface area contributed by atoms with Gasteiger partial charge in [-0.15, -0.1) is 0 Å². The van der Waals surface area contributed by atoms with E-state index in [0.29, 0.717) is 6.04 Å². The number of hydrogen-bond donors (Lipinski definition) is 3. The molecule has 1 aliphatic carbocycles. The zero-order chi connectivity index (χ0) is 14.8. The van der Waals surface area contributed by atoms with Crippen LogP contribution in [0.1, 0.15) is 52.9 Å². The summed E-state index contributed by atoms with van der Waals surface area (Å²) in [5.74, 6) is 0. The second-order valence-electron chi connectivity index (χ2n) is 6.48. The molecule has 0 bridgehead atoms. The van der Waals surface area contributed by atoms with Crippen molar-refractivity contribution in [1.82, 2.24) is 16.0 Å². The Kier molecular flexibility index (Phi) is 7.92. The lowest BCUT2D eigenvalue weighted by molar-refractivity contribution is 0.0493. The first-order valence-corrected chi connectivity index (χ1v) is 7.88. The number of rotatable bonds is 1. The van der Waals surface area contributed by atoms with Gasteiger partial charge in [0.05, 0.1) is 0 Å². The van der Waals surface area contributed by atoms with Crippen molar-refractivity contribution in [2.45, 2.75) is 64.5 Å². The summed E-state index contributed by atoms with van der Waals surface area (Å²) in [7, 11) is 0. The molecule has 1 amide bonds. The Labute approximate surface area is 123 Å². The second-order valence-corrected chi connectivity index (χ2v) is 6.48. The van der Waals surface area contributed by atoms with Crippen LogP contribution in [0.25, 0.3) is 0 Å². The van der Waals surface area contributed by atoms with Crippen LogP contribution in [-0.2, 0) is 4.74 Å². The van der Waals surface area contributed by atoms with Crippen LogP contribution in [0.15, 0.2) is 0 Å². The van der Waals surface area contributed by atoms with E-state index in [2.05, 4.69) is 16.0 Å². The summed E-state index contributed by atoms with van der Waals surface area (Å²) >= 11 is 0. The fraction of sp³-hybridized carbons (Fsp3) is 0.933. The Balaban J connectivity index is 0.000000276. The summed E-state index contributed by atoms with van der Waals surface area (Å²) in [6.07, 6.45) is 5.66. The first kappa shape index (κ1) is 17.2. The Morgan fingerprint density at radius 2 is 1.50 bits per heavy atom. The highest BCUT2D eigenvalue weighted by Crippen LogP contribution is 2.18. The molecule has 1 saturated heterocycles. The van der Waals surface area contributed by atoms with E-state index in [1.54, 1.807) is 0 Å². The molecule has 0 unspecified atom stereocenters. The molecule has 0 radical (unpaired) electrons. The largest absolute Gasteiger partial charge is 0.444 e. The maximum absolute atomic E-state index is 11.4. The number of hydrogen-bond acceptors (Lipinski definition) is 4. The molecule has 5 nitrogen and oxygen atoms in total. The van der Waals surface area contributed by atoms with Gasteiger partial charge < -0.3 is 20.7 Å². The highest BCUT2D eigenvalue weighted by Gasteiger charge is 2.20. The van der Waals surface area contributed by atoms with Gasteiger partial charge in [0.2, 0.25) is 0 Å². The lowest BCUT2D eigenvalue weighted by Crippen LogP contribution is -2.39. The Bertz CT molecular complexity index is 255. The molecule has 2 fully saturated rings. The van der Waals surface area contributed by atoms with Crippen molar-refractivity contribution < 1.29 is 9.53 Å². The maximum Gasteiger partial charge on any atom is 0.407 e. The smallest absolute Gasteiger partial charge is 0.407 e. The summed E-state index contributed by atoms with van der Waals surface area (Å²) in [6, 6.07) is 0.332. The van der Waals surface area contributed by atoms with Gasteiger partial charge >= 0.3 is 6.09 Å². The van der Waals surface area contributed by atoms with E-state index in [9.17, 15) is 4.79 Å². The average molecular weight is 285 g/mol. The summed E-state index contributed by atoms with van der Waals surface area (Å²) < 4.78 is 5.19. The summed E-state index contributed by atoms with van der Waals surface area (Å²) in [5.41, 5.74) is -0.390. The average Bonchev–Trinajstić information content (AvgIpc) is 2.40. The molecule has 1 heterocycles. The van der Waals surface area contributed by atoms with E-state index in [0.717, 1.165) is 39.0 Å². The fourth-order valence-corrected chi connectivity index (χ4v) is 2.32. The van der Waals surface area contributed by atoms with Crippen LogP contribution in [0.5, 0.6) is 0 Å². The van der Waals surface area contributed by atoms with Crippen molar-refractivity contribution in [1.29, 1.82) is 0 Å². The van der Waals surface area contributed by atoms with Crippen molar-refractivity contribution in [2.24, 2.45) is 0 Å². The van der Waals surface area contributed by atoms with Gasteiger partial charge in [0.1, 0.15) is 5.60 Å². The predicted molar refractivity (Wildman–Crippen MR) is 82.0 cm³/mol. The van der Waals surface area contributed by atoms with Gasteiger partial charge in [0.25, 0.3) is 0 Å². The van der Waals surface area contributed by atoms with E-state index >= 15 is 0 Å². The van der Waals surface area contributed by atoms with Crippen molar-refractivity contribution in [2.75, 3.05) is 26.2 Å². The summed E-state index contributed by atoms with van der Waals surface area (Å²) in [6.45, 7) is 10.2. The number of piperazine rings is 1. The first-order chi connectivity index (χ1) is 9.47. The van der Waals surface area contributed by atoms with Crippen molar-refractivity contribution >= 4 is 6.09 Å². The summed E-state index contributed by atoms with van der Waals surface area (Å²) in [4.78, 5) is 11.4. The number of carbonyl (C=O) groups is 1. The third kappa shape index (κ3) is 9.15. The number of amides is 1. The predicted octanol–water partition coefficient (Wildman–Crippen LogP) is 2.02. The normalized spacial score (nSPS) is 20.6. The molecule has 0 aromatic heterocycles. The zero-order valence-corrected chi connectivity index (χ0v) is 13.3. The third-order valence-electron chi connectivity index (χ3n) is 3.28. The van der Waals surface area contributed by atoms with E-state index in [-0.39, 0.29) is 6.09 Å². The molecule has 1 saturated carbocycles. The van der Waals surface area contributed by atoms with Crippen LogP contribution in [0, 0.1) is 0 Å². The Hall–Kier alpha value is -0.810. The van der Waals surface area contributed by atoms with Gasteiger partial charge in [-0.1, -0.05) is 19.3 Å². The second kappa shape index (κ2) is 9.19. The van der Waals surface area contributed by atoms with Gasteiger partial charge in [-0.3, -0.25) is 0 Å². The molecule has 1 aliphatic heterocycles. The van der Waals surface area contributed by atoms with Gasteiger partial charge in [-0.2, -0.15) is 0 Å². The molecule has 0 spiro atoms. The standard InChI is InChI=1S/C11H21NO2.C4H10N2/c1-11(2,3)14-10(13)12-9-7-5-4-6-8-9;1-2-6-4-3-5-1/h9H,4-8H2,1-3H3,(H,12,13);5-6H,1-4H2. The van der Waals surface area contributed by atoms with Gasteiger partial charge in [0, 0.05) is 32.2 Å². The first-order valence-electron chi connectivity index (χ1n) is 7.88. The van der Waals surface area contributed by atoms with Crippen molar-refractivity contribution in [3.05, 3.63) is 0 Å². The molecular weight excluding hydrogens is 254 g/mol. The van der Waals surface area contributed by atoms with Gasteiger partial charge in [-0.25, -0.2) is 4.79 Å². The van der Waals surface area contributed by atoms with E-state index in [1.807, 2.05) is 20.8 Å². The van der Waals surface area contributed by atoms with Crippen molar-refractivity contribution in [3.8, 4) is 0 Å². The Morgan fingerprint density at radius 1 is 1.00 bits per heavy atom. The molecule has 2 aliphatic rings. The summed E-state index contributed by atoms with van der Waals surface area (Å²) in [5, 5.41) is 9.36. The zero-order valence-electron chi connectivity index (χ0n) is 13.3. The van der Waals surface area contributed by atoms with E-state index < -0.39 is 5.60 Å². The third-order valence-corrected chi connectivity index (χ3v) is 3.28. The monoisotopic (exact) mass is 285 g/mol. The van der Waals surface area contributed by atoms with Crippen LogP contribution < -0.4 is 16.0 Å². The highest BCUT2D eigenvalue weighted by atomic mass is 16.6. The molecule has 5 heteroatoms. The lowest BCUT2D eigenvalue weighted by Gasteiger charge is -2.25. The van der Waals surface area contributed by atoms with Crippen LogP contribution in [0.2, 0.25) is 0 Å². The molecule has 0 atom stereocenters. The van der Waals surface area contributed by atoms with Crippen LogP contribution in [-0.4, -0.2) is 43.9 Å². The Morgan fingerprint density at radius 3 is 1.90 bits per heavy atom. The molecular formula is C15H31N3O2. The van der Waals surface area contributed by atoms with E-state index in [1.165, 1.54) is 19.3 Å². The van der Waals surface area contributed by atoms with Crippen LogP contribution in [0.4, 0.5) is 4.79 Å². The molecule has 118 valence electrons. The molecule has 0 aromatic carbocycles. The minimum atomic E-state index is -0.390. The molecule has 20 heavy (non-hydrogen) atoms. The van der Waals surface area contributed by atoms with Gasteiger partial charge in [-0.05, 0) is 33.6 Å².